The van der Waals surface area contributed by atoms with Crippen molar-refractivity contribution >= 4 is 35.0 Å². The number of ether oxygens (including phenoxy) is 4. The van der Waals surface area contributed by atoms with Gasteiger partial charge in [-0.2, -0.15) is 0 Å². The number of hydrogen-bond donors (Lipinski definition) is 0. The van der Waals surface area contributed by atoms with Crippen LogP contribution >= 0.6 is 0 Å². The maximum absolute atomic E-state index is 12.4. The highest BCUT2D eigenvalue weighted by Gasteiger charge is 2.18. The Morgan fingerprint density at radius 3 is 1.32 bits per heavy atom. The van der Waals surface area contributed by atoms with Crippen LogP contribution in [0.4, 0.5) is 0 Å². The number of benzene rings is 2. The molecule has 0 saturated carbocycles. The van der Waals surface area contributed by atoms with E-state index < -0.39 is 23.9 Å². The van der Waals surface area contributed by atoms with Crippen LogP contribution in [0, 0.1) is 0 Å². The topological polar surface area (TPSA) is 105 Å². The third kappa shape index (κ3) is 8.26. The summed E-state index contributed by atoms with van der Waals surface area (Å²) in [6.45, 7) is 24.0. The van der Waals surface area contributed by atoms with E-state index in [1.54, 1.807) is 38.1 Å². The molecule has 0 radical (unpaired) electrons. The summed E-state index contributed by atoms with van der Waals surface area (Å²) >= 11 is 0. The molecule has 0 heterocycles. The number of rotatable bonds is 10. The number of allylic oxidation sites excluding steroid dienone is 2. The van der Waals surface area contributed by atoms with Gasteiger partial charge in [-0.25, -0.2) is 19.2 Å². The highest BCUT2D eigenvalue weighted by Crippen LogP contribution is 2.37. The number of carbonyl (C=O) groups excluding carboxylic acids is 4. The Labute approximate surface area is 233 Å². The number of hydrogen-bond acceptors (Lipinski definition) is 8. The van der Waals surface area contributed by atoms with Crippen molar-refractivity contribution in [1.82, 2.24) is 0 Å². The molecule has 0 aliphatic rings. The molecule has 208 valence electrons. The minimum atomic E-state index is -0.669. The molecule has 0 N–H and O–H groups in total. The SMILES string of the molecule is C=C(C)C(=O)Oc1cc(OC(=O)C(=C)C)cc(C(C)=C(C)c2ccc(OC(=O)C(=C)C)cc2OC(=O)C(=C)C)c1. The Morgan fingerprint density at radius 2 is 0.900 bits per heavy atom. The molecule has 0 amide bonds. The summed E-state index contributed by atoms with van der Waals surface area (Å²) in [6, 6.07) is 9.20. The van der Waals surface area contributed by atoms with Crippen LogP contribution in [0.5, 0.6) is 23.0 Å². The number of esters is 4. The van der Waals surface area contributed by atoms with Crippen molar-refractivity contribution in [3.05, 3.63) is 96.1 Å². The molecule has 0 atom stereocenters. The van der Waals surface area contributed by atoms with Gasteiger partial charge >= 0.3 is 23.9 Å². The molecule has 2 aromatic rings. The Balaban J connectivity index is 2.68. The summed E-state index contributed by atoms with van der Waals surface area (Å²) < 4.78 is 21.7. The predicted octanol–water partition coefficient (Wildman–Crippen LogP) is 6.56. The molecule has 0 aliphatic carbocycles. The zero-order valence-electron chi connectivity index (χ0n) is 23.6. The zero-order valence-corrected chi connectivity index (χ0v) is 23.6. The monoisotopic (exact) mass is 544 g/mol. The second-order valence-corrected chi connectivity index (χ2v) is 9.28. The standard InChI is InChI=1S/C32H32O8/c1-17(2)29(33)37-24-11-12-27(28(16-24)40-32(36)20(7)8)22(10)21(9)23-13-25(38-30(34)18(3)4)15-26(14-23)39-31(35)19(5)6/h11-16H,1,3,5,7H2,2,4,6,8-10H3. The number of carbonyl (C=O) groups is 4. The van der Waals surface area contributed by atoms with E-state index in [0.717, 1.165) is 0 Å². The van der Waals surface area contributed by atoms with Crippen molar-refractivity contribution in [2.24, 2.45) is 0 Å². The fourth-order valence-electron chi connectivity index (χ4n) is 3.05. The van der Waals surface area contributed by atoms with Gasteiger partial charge in [0.15, 0.2) is 0 Å². The summed E-state index contributed by atoms with van der Waals surface area (Å²) in [4.78, 5) is 48.8. The highest BCUT2D eigenvalue weighted by molar-refractivity contribution is 5.95. The van der Waals surface area contributed by atoms with Crippen molar-refractivity contribution in [3.8, 4) is 23.0 Å². The molecule has 8 nitrogen and oxygen atoms in total. The van der Waals surface area contributed by atoms with E-state index in [1.165, 1.54) is 39.8 Å². The van der Waals surface area contributed by atoms with Crippen LogP contribution in [-0.2, 0) is 19.2 Å². The van der Waals surface area contributed by atoms with Gasteiger partial charge in [-0.15, -0.1) is 0 Å². The van der Waals surface area contributed by atoms with E-state index >= 15 is 0 Å². The molecule has 0 fully saturated rings. The lowest BCUT2D eigenvalue weighted by atomic mass is 9.96. The molecule has 0 saturated heterocycles. The van der Waals surface area contributed by atoms with Gasteiger partial charge in [0, 0.05) is 40.0 Å². The molecule has 0 aromatic heterocycles. The first-order valence-corrected chi connectivity index (χ1v) is 12.1. The summed E-state index contributed by atoms with van der Waals surface area (Å²) in [7, 11) is 0. The molecular weight excluding hydrogens is 512 g/mol. The first-order valence-electron chi connectivity index (χ1n) is 12.1. The van der Waals surface area contributed by atoms with E-state index in [4.69, 9.17) is 18.9 Å². The zero-order chi connectivity index (χ0) is 30.3. The van der Waals surface area contributed by atoms with Crippen LogP contribution in [-0.4, -0.2) is 23.9 Å². The highest BCUT2D eigenvalue weighted by atomic mass is 16.6. The van der Waals surface area contributed by atoms with Crippen LogP contribution in [0.3, 0.4) is 0 Å². The van der Waals surface area contributed by atoms with Crippen molar-refractivity contribution in [3.63, 3.8) is 0 Å². The van der Waals surface area contributed by atoms with Crippen LogP contribution in [0.15, 0.2) is 85.0 Å². The van der Waals surface area contributed by atoms with Crippen molar-refractivity contribution in [2.45, 2.75) is 41.5 Å². The van der Waals surface area contributed by atoms with Gasteiger partial charge in [0.25, 0.3) is 0 Å². The van der Waals surface area contributed by atoms with Crippen LogP contribution < -0.4 is 18.9 Å². The van der Waals surface area contributed by atoms with Gasteiger partial charge < -0.3 is 18.9 Å². The molecule has 2 rings (SSSR count). The molecule has 8 heteroatoms. The summed E-state index contributed by atoms with van der Waals surface area (Å²) in [6.07, 6.45) is 0. The van der Waals surface area contributed by atoms with E-state index in [2.05, 4.69) is 26.3 Å². The first-order chi connectivity index (χ1) is 18.6. The van der Waals surface area contributed by atoms with E-state index in [1.807, 2.05) is 0 Å². The lowest BCUT2D eigenvalue weighted by Gasteiger charge is -2.16. The lowest BCUT2D eigenvalue weighted by Crippen LogP contribution is -2.11. The molecule has 0 bridgehead atoms. The first kappa shape index (κ1) is 31.2. The van der Waals surface area contributed by atoms with Crippen molar-refractivity contribution in [1.29, 1.82) is 0 Å². The summed E-state index contributed by atoms with van der Waals surface area (Å²) in [5, 5.41) is 0. The van der Waals surface area contributed by atoms with Gasteiger partial charge in [-0.05, 0) is 82.5 Å². The van der Waals surface area contributed by atoms with Gasteiger partial charge in [0.05, 0.1) is 0 Å². The van der Waals surface area contributed by atoms with Gasteiger partial charge in [0.2, 0.25) is 0 Å². The molecule has 0 unspecified atom stereocenters. The average Bonchev–Trinajstić information content (AvgIpc) is 2.87. The summed E-state index contributed by atoms with van der Waals surface area (Å²) in [5.74, 6) is -2.09. The Morgan fingerprint density at radius 1 is 0.500 bits per heavy atom. The lowest BCUT2D eigenvalue weighted by molar-refractivity contribution is -0.131. The van der Waals surface area contributed by atoms with Crippen LogP contribution in [0.25, 0.3) is 11.1 Å². The Hall–Kier alpha value is -4.98. The molecule has 2 aromatic carbocycles. The fourth-order valence-corrected chi connectivity index (χ4v) is 3.05. The molecule has 40 heavy (non-hydrogen) atoms. The predicted molar refractivity (Wildman–Crippen MR) is 153 cm³/mol. The molecule has 0 aliphatic heterocycles. The van der Waals surface area contributed by atoms with Crippen LogP contribution in [0.1, 0.15) is 52.7 Å². The average molecular weight is 545 g/mol. The molecular formula is C32H32O8. The second-order valence-electron chi connectivity index (χ2n) is 9.28. The molecule has 0 spiro atoms. The third-order valence-electron chi connectivity index (χ3n) is 5.46. The van der Waals surface area contributed by atoms with Gasteiger partial charge in [-0.1, -0.05) is 26.3 Å². The van der Waals surface area contributed by atoms with E-state index in [0.29, 0.717) is 22.3 Å². The van der Waals surface area contributed by atoms with Crippen LogP contribution in [0.2, 0.25) is 0 Å². The second kappa shape index (κ2) is 13.2. The quantitative estimate of drug-likeness (QED) is 0.143. The summed E-state index contributed by atoms with van der Waals surface area (Å²) in [5.41, 5.74) is 3.12. The largest absolute Gasteiger partial charge is 0.423 e. The minimum Gasteiger partial charge on any atom is -0.423 e. The fraction of sp³-hybridized carbons (Fsp3) is 0.188. The van der Waals surface area contributed by atoms with E-state index in [9.17, 15) is 19.2 Å². The Bertz CT molecular complexity index is 1440. The smallest absolute Gasteiger partial charge is 0.338 e. The third-order valence-corrected chi connectivity index (χ3v) is 5.46. The van der Waals surface area contributed by atoms with Gasteiger partial charge in [-0.3, -0.25) is 0 Å². The van der Waals surface area contributed by atoms with Crippen molar-refractivity contribution < 1.29 is 38.1 Å². The van der Waals surface area contributed by atoms with E-state index in [-0.39, 0.29) is 45.3 Å². The maximum Gasteiger partial charge on any atom is 0.338 e. The normalized spacial score (nSPS) is 10.9. The maximum atomic E-state index is 12.4. The minimum absolute atomic E-state index is 0.121. The van der Waals surface area contributed by atoms with Crippen molar-refractivity contribution in [2.75, 3.05) is 0 Å². The Kier molecular flexibility index (Phi) is 10.3. The van der Waals surface area contributed by atoms with Gasteiger partial charge in [0.1, 0.15) is 23.0 Å².